The first-order chi connectivity index (χ1) is 14.0. The lowest BCUT2D eigenvalue weighted by Gasteiger charge is -2.69. The van der Waals surface area contributed by atoms with Crippen molar-refractivity contribution in [2.24, 2.45) is 16.7 Å². The van der Waals surface area contributed by atoms with Gasteiger partial charge in [0.05, 0.1) is 25.1 Å². The molecule has 3 N–H and O–H groups in total. The number of hydrogen-bond donors (Lipinski definition) is 3. The smallest absolute Gasteiger partial charge is 0.329 e. The average molecular weight is 418 g/mol. The van der Waals surface area contributed by atoms with Crippen molar-refractivity contribution in [3.8, 4) is 0 Å². The van der Waals surface area contributed by atoms with E-state index in [1.807, 2.05) is 58.0 Å². The molecule has 0 aromatic heterocycles. The molecule has 2 saturated heterocycles. The summed E-state index contributed by atoms with van der Waals surface area (Å²) in [5, 5.41) is 30.3. The van der Waals surface area contributed by atoms with Gasteiger partial charge in [-0.25, -0.2) is 4.79 Å². The fourth-order valence-electron chi connectivity index (χ4n) is 5.26. The van der Waals surface area contributed by atoms with Crippen LogP contribution in [0.4, 0.5) is 4.79 Å². The van der Waals surface area contributed by atoms with Gasteiger partial charge >= 0.3 is 6.03 Å². The molecule has 0 unspecified atom stereocenters. The summed E-state index contributed by atoms with van der Waals surface area (Å²) < 4.78 is 5.71. The molecule has 2 heterocycles. The molecule has 1 aromatic carbocycles. The zero-order valence-electron chi connectivity index (χ0n) is 17.7. The number of hydrogen-bond acceptors (Lipinski definition) is 6. The molecule has 1 aliphatic carbocycles. The van der Waals surface area contributed by atoms with Crippen LogP contribution >= 0.6 is 0 Å². The van der Waals surface area contributed by atoms with Gasteiger partial charge in [-0.1, -0.05) is 58.0 Å². The van der Waals surface area contributed by atoms with Crippen LogP contribution in [-0.2, 0) is 16.1 Å². The van der Waals surface area contributed by atoms with E-state index in [9.17, 15) is 24.9 Å². The van der Waals surface area contributed by atoms with Crippen molar-refractivity contribution in [3.63, 3.8) is 0 Å². The number of urea groups is 1. The zero-order chi connectivity index (χ0) is 22.0. The van der Waals surface area contributed by atoms with Gasteiger partial charge in [0.15, 0.2) is 6.23 Å². The average Bonchev–Trinajstić information content (AvgIpc) is 2.99. The second-order valence-electron chi connectivity index (χ2n) is 9.69. The summed E-state index contributed by atoms with van der Waals surface area (Å²) >= 11 is 0. The van der Waals surface area contributed by atoms with E-state index in [1.54, 1.807) is 0 Å². The fraction of sp³-hybridized carbons (Fsp3) is 0.636. The van der Waals surface area contributed by atoms with Crippen LogP contribution in [0.5, 0.6) is 0 Å². The highest BCUT2D eigenvalue weighted by Gasteiger charge is 2.72. The first kappa shape index (κ1) is 21.2. The molecular weight excluding hydrogens is 388 g/mol. The number of aliphatic hydroxyl groups excluding tert-OH is 3. The molecule has 0 spiro atoms. The van der Waals surface area contributed by atoms with Gasteiger partial charge in [0, 0.05) is 0 Å². The number of carbonyl (C=O) groups is 2. The number of nitrogens with zero attached hydrogens (tertiary/aromatic N) is 2. The summed E-state index contributed by atoms with van der Waals surface area (Å²) in [5.74, 6) is -0.698. The van der Waals surface area contributed by atoms with Gasteiger partial charge in [0.2, 0.25) is 5.91 Å². The number of carbonyl (C=O) groups excluding carboxylic acids is 2. The van der Waals surface area contributed by atoms with E-state index in [4.69, 9.17) is 4.74 Å². The fourth-order valence-corrected chi connectivity index (χ4v) is 5.26. The van der Waals surface area contributed by atoms with E-state index >= 15 is 0 Å². The number of fused-ring (bicyclic) bond motifs is 1. The number of benzene rings is 1. The van der Waals surface area contributed by atoms with Crippen molar-refractivity contribution in [2.45, 2.75) is 64.8 Å². The van der Waals surface area contributed by atoms with Crippen molar-refractivity contribution in [2.75, 3.05) is 6.61 Å². The van der Waals surface area contributed by atoms with E-state index in [1.165, 1.54) is 9.80 Å². The van der Waals surface area contributed by atoms with Crippen LogP contribution in [0, 0.1) is 16.7 Å². The third-order valence-corrected chi connectivity index (χ3v) is 7.75. The molecule has 0 radical (unpaired) electrons. The van der Waals surface area contributed by atoms with Crippen LogP contribution in [0.2, 0.25) is 0 Å². The molecule has 30 heavy (non-hydrogen) atoms. The molecule has 8 nitrogen and oxygen atoms in total. The molecule has 4 rings (SSSR count). The van der Waals surface area contributed by atoms with E-state index in [0.717, 1.165) is 5.56 Å². The topological polar surface area (TPSA) is 111 Å². The lowest BCUT2D eigenvalue weighted by atomic mass is 9.42. The minimum atomic E-state index is -1.38. The number of imide groups is 1. The first-order valence-electron chi connectivity index (χ1n) is 10.3. The Labute approximate surface area is 176 Å². The molecule has 1 aromatic rings. The molecule has 3 fully saturated rings. The Morgan fingerprint density at radius 2 is 1.63 bits per heavy atom. The summed E-state index contributed by atoms with van der Waals surface area (Å²) in [7, 11) is 0. The van der Waals surface area contributed by atoms with E-state index in [-0.39, 0.29) is 17.9 Å². The van der Waals surface area contributed by atoms with Gasteiger partial charge in [0.1, 0.15) is 18.3 Å². The van der Waals surface area contributed by atoms with Crippen LogP contribution in [0.15, 0.2) is 30.3 Å². The first-order valence-corrected chi connectivity index (χ1v) is 10.3. The van der Waals surface area contributed by atoms with Crippen molar-refractivity contribution in [3.05, 3.63) is 35.9 Å². The molecule has 8 heteroatoms. The minimum absolute atomic E-state index is 0.115. The molecule has 3 amide bonds. The molecule has 2 aliphatic heterocycles. The predicted molar refractivity (Wildman–Crippen MR) is 107 cm³/mol. The Morgan fingerprint density at radius 1 is 1.00 bits per heavy atom. The largest absolute Gasteiger partial charge is 0.394 e. The number of ether oxygens (including phenoxy) is 1. The Morgan fingerprint density at radius 3 is 2.20 bits per heavy atom. The Balaban J connectivity index is 1.73. The molecule has 1 saturated carbocycles. The summed E-state index contributed by atoms with van der Waals surface area (Å²) in [5.41, 5.74) is 0.00379. The second kappa shape index (κ2) is 7.02. The van der Waals surface area contributed by atoms with Gasteiger partial charge in [-0.2, -0.15) is 0 Å². The lowest BCUT2D eigenvalue weighted by molar-refractivity contribution is -0.231. The Kier molecular flexibility index (Phi) is 4.97. The molecule has 6 atom stereocenters. The third-order valence-electron chi connectivity index (χ3n) is 7.75. The maximum absolute atomic E-state index is 13.6. The highest BCUT2D eigenvalue weighted by Crippen LogP contribution is 2.64. The van der Waals surface area contributed by atoms with Crippen molar-refractivity contribution in [1.82, 2.24) is 9.80 Å². The molecule has 164 valence electrons. The highest BCUT2D eigenvalue weighted by molar-refractivity contribution is 6.00. The zero-order valence-corrected chi connectivity index (χ0v) is 17.7. The van der Waals surface area contributed by atoms with Crippen LogP contribution in [0.25, 0.3) is 0 Å². The Bertz CT molecular complexity index is 841. The summed E-state index contributed by atoms with van der Waals surface area (Å²) in [6.45, 7) is 7.65. The van der Waals surface area contributed by atoms with Crippen LogP contribution in [0.1, 0.15) is 33.3 Å². The van der Waals surface area contributed by atoms with Gasteiger partial charge in [0.25, 0.3) is 0 Å². The van der Waals surface area contributed by atoms with Gasteiger partial charge < -0.3 is 20.1 Å². The highest BCUT2D eigenvalue weighted by atomic mass is 16.6. The maximum Gasteiger partial charge on any atom is 0.329 e. The number of amides is 3. The standard InChI is InChI=1S/C22H30N2O6/c1-21(2)14-17(22(21,3)4)24(19-16(27)15(26)13(11-25)30-19)20(29)23(18(14)28)10-12-8-6-5-7-9-12/h5-9,13-17,19,25-27H,10-11H2,1-4H3/t13-,14+,15-,16-,17+,19-/m1/s1. The van der Waals surface area contributed by atoms with Gasteiger partial charge in [-0.05, 0) is 16.4 Å². The van der Waals surface area contributed by atoms with Crippen LogP contribution < -0.4 is 0 Å². The van der Waals surface area contributed by atoms with Gasteiger partial charge in [-0.3, -0.25) is 14.6 Å². The van der Waals surface area contributed by atoms with Crippen molar-refractivity contribution in [1.29, 1.82) is 0 Å². The quantitative estimate of drug-likeness (QED) is 0.671. The number of rotatable bonds is 4. The molecular formula is C22H30N2O6. The lowest BCUT2D eigenvalue weighted by Crippen LogP contribution is -2.80. The molecule has 3 aliphatic rings. The SMILES string of the molecule is CC1(C)[C@@H]2C(=O)N(Cc3ccccc3)C(=O)N([C@@H]3O[C@H](CO)[C@@H](O)[C@H]3O)[C@@H]2C1(C)C. The summed E-state index contributed by atoms with van der Waals surface area (Å²) in [6.07, 6.45) is -4.83. The number of aliphatic hydroxyl groups is 3. The monoisotopic (exact) mass is 418 g/mol. The predicted octanol–water partition coefficient (Wildman–Crippen LogP) is 0.941. The molecule has 0 bridgehead atoms. The van der Waals surface area contributed by atoms with Crippen LogP contribution in [-0.4, -0.2) is 74.2 Å². The van der Waals surface area contributed by atoms with Crippen molar-refractivity contribution < 1.29 is 29.6 Å². The van der Waals surface area contributed by atoms with Crippen molar-refractivity contribution >= 4 is 11.9 Å². The second-order valence-corrected chi connectivity index (χ2v) is 9.69. The maximum atomic E-state index is 13.6. The normalized spacial score (nSPS) is 37.2. The third kappa shape index (κ3) is 2.74. The van der Waals surface area contributed by atoms with Gasteiger partial charge in [-0.15, -0.1) is 0 Å². The summed E-state index contributed by atoms with van der Waals surface area (Å²) in [4.78, 5) is 29.6. The minimum Gasteiger partial charge on any atom is -0.394 e. The summed E-state index contributed by atoms with van der Waals surface area (Å²) in [6, 6.07) is 8.21. The van der Waals surface area contributed by atoms with E-state index in [0.29, 0.717) is 0 Å². The van der Waals surface area contributed by atoms with Crippen LogP contribution in [0.3, 0.4) is 0 Å². The Hall–Kier alpha value is -2.00. The van der Waals surface area contributed by atoms with E-state index < -0.39 is 54.6 Å². The van der Waals surface area contributed by atoms with E-state index in [2.05, 4.69) is 0 Å².